The maximum atomic E-state index is 9.65. The van der Waals surface area contributed by atoms with Gasteiger partial charge in [0.15, 0.2) is 11.5 Å². The van der Waals surface area contributed by atoms with Crippen LogP contribution in [0.1, 0.15) is 17.0 Å². The molecule has 0 aliphatic heterocycles. The van der Waals surface area contributed by atoms with E-state index in [0.29, 0.717) is 29.4 Å². The van der Waals surface area contributed by atoms with Crippen LogP contribution in [0, 0.1) is 11.3 Å². The van der Waals surface area contributed by atoms with Gasteiger partial charge in [0.2, 0.25) is 0 Å². The molecule has 0 radical (unpaired) electrons. The van der Waals surface area contributed by atoms with Gasteiger partial charge in [-0.15, -0.1) is 0 Å². The maximum absolute atomic E-state index is 9.65. The zero-order chi connectivity index (χ0) is 17.5. The van der Waals surface area contributed by atoms with Gasteiger partial charge < -0.3 is 18.9 Å². The largest absolute Gasteiger partial charge is 0.497 e. The normalized spacial score (nSPS) is 11.3. The van der Waals surface area contributed by atoms with Crippen LogP contribution in [0.4, 0.5) is 0 Å². The number of benzene rings is 2. The summed E-state index contributed by atoms with van der Waals surface area (Å²) in [5, 5.41) is 9.65. The number of nitriles is 1. The van der Waals surface area contributed by atoms with Crippen LogP contribution in [0.25, 0.3) is 0 Å². The van der Waals surface area contributed by atoms with E-state index < -0.39 is 0 Å². The maximum Gasteiger partial charge on any atom is 0.160 e. The number of methoxy groups -OCH3 is 4. The second-order valence-corrected chi connectivity index (χ2v) is 5.18. The molecule has 2 rings (SSSR count). The zero-order valence-corrected chi connectivity index (χ0v) is 14.3. The molecule has 2 aromatic rings. The summed E-state index contributed by atoms with van der Waals surface area (Å²) in [6.07, 6.45) is 0.528. The molecule has 0 heterocycles. The first-order chi connectivity index (χ1) is 11.7. The SMILES string of the molecule is COc1ccc(OC)c(C(C#N)Cc2ccc(OC)c(OC)c2)c1. The van der Waals surface area contributed by atoms with Crippen molar-refractivity contribution in [3.05, 3.63) is 47.5 Å². The van der Waals surface area contributed by atoms with Gasteiger partial charge in [0.25, 0.3) is 0 Å². The first-order valence-corrected chi connectivity index (χ1v) is 7.49. The number of ether oxygens (including phenoxy) is 4. The molecule has 126 valence electrons. The molecule has 0 saturated heterocycles. The molecule has 0 N–H and O–H groups in total. The molecule has 0 amide bonds. The Balaban J connectivity index is 2.35. The lowest BCUT2D eigenvalue weighted by atomic mass is 9.92. The molecule has 2 aromatic carbocycles. The fraction of sp³-hybridized carbons (Fsp3) is 0.316. The Labute approximate surface area is 142 Å². The average Bonchev–Trinajstić information content (AvgIpc) is 2.65. The Kier molecular flexibility index (Phi) is 5.91. The van der Waals surface area contributed by atoms with Crippen molar-refractivity contribution >= 4 is 0 Å². The van der Waals surface area contributed by atoms with E-state index in [2.05, 4.69) is 6.07 Å². The van der Waals surface area contributed by atoms with Gasteiger partial charge in [-0.25, -0.2) is 0 Å². The van der Waals surface area contributed by atoms with Crippen LogP contribution in [-0.4, -0.2) is 28.4 Å². The second kappa shape index (κ2) is 8.11. The second-order valence-electron chi connectivity index (χ2n) is 5.18. The van der Waals surface area contributed by atoms with E-state index in [0.717, 1.165) is 11.1 Å². The van der Waals surface area contributed by atoms with Crippen molar-refractivity contribution < 1.29 is 18.9 Å². The van der Waals surface area contributed by atoms with Gasteiger partial charge in [0.1, 0.15) is 11.5 Å². The highest BCUT2D eigenvalue weighted by atomic mass is 16.5. The van der Waals surface area contributed by atoms with E-state index in [-0.39, 0.29) is 5.92 Å². The molecule has 0 spiro atoms. The molecule has 1 unspecified atom stereocenters. The van der Waals surface area contributed by atoms with Crippen molar-refractivity contribution in [2.45, 2.75) is 12.3 Å². The molecule has 0 aromatic heterocycles. The highest BCUT2D eigenvalue weighted by molar-refractivity contribution is 5.47. The number of nitrogens with zero attached hydrogens (tertiary/aromatic N) is 1. The summed E-state index contributed by atoms with van der Waals surface area (Å²) in [5.74, 6) is 2.30. The van der Waals surface area contributed by atoms with Crippen LogP contribution in [0.5, 0.6) is 23.0 Å². The summed E-state index contributed by atoms with van der Waals surface area (Å²) < 4.78 is 21.2. The van der Waals surface area contributed by atoms with Crippen LogP contribution in [0.3, 0.4) is 0 Å². The van der Waals surface area contributed by atoms with Crippen LogP contribution in [0.15, 0.2) is 36.4 Å². The van der Waals surface area contributed by atoms with Crippen molar-refractivity contribution in [3.63, 3.8) is 0 Å². The lowest BCUT2D eigenvalue weighted by Gasteiger charge is -2.16. The van der Waals surface area contributed by atoms with Gasteiger partial charge in [-0.3, -0.25) is 0 Å². The molecular weight excluding hydrogens is 306 g/mol. The summed E-state index contributed by atoms with van der Waals surface area (Å²) in [7, 11) is 6.38. The zero-order valence-electron chi connectivity index (χ0n) is 14.3. The van der Waals surface area contributed by atoms with E-state index in [1.165, 1.54) is 0 Å². The topological polar surface area (TPSA) is 60.7 Å². The molecular formula is C19H21NO4. The Hall–Kier alpha value is -2.87. The van der Waals surface area contributed by atoms with Gasteiger partial charge >= 0.3 is 0 Å². The monoisotopic (exact) mass is 327 g/mol. The van der Waals surface area contributed by atoms with Crippen LogP contribution < -0.4 is 18.9 Å². The Morgan fingerprint density at radius 2 is 1.50 bits per heavy atom. The number of hydrogen-bond donors (Lipinski definition) is 0. The first kappa shape index (κ1) is 17.5. The fourth-order valence-corrected chi connectivity index (χ4v) is 2.58. The lowest BCUT2D eigenvalue weighted by Crippen LogP contribution is -2.04. The molecule has 24 heavy (non-hydrogen) atoms. The number of rotatable bonds is 7. The van der Waals surface area contributed by atoms with Gasteiger partial charge in [-0.05, 0) is 42.3 Å². The van der Waals surface area contributed by atoms with E-state index in [4.69, 9.17) is 18.9 Å². The van der Waals surface area contributed by atoms with Crippen molar-refractivity contribution in [2.75, 3.05) is 28.4 Å². The van der Waals surface area contributed by atoms with Gasteiger partial charge in [0.05, 0.1) is 40.4 Å². The molecule has 5 nitrogen and oxygen atoms in total. The van der Waals surface area contributed by atoms with E-state index >= 15 is 0 Å². The first-order valence-electron chi connectivity index (χ1n) is 7.49. The molecule has 0 fully saturated rings. The summed E-state index contributed by atoms with van der Waals surface area (Å²) in [5.41, 5.74) is 1.78. The van der Waals surface area contributed by atoms with Crippen molar-refractivity contribution in [1.82, 2.24) is 0 Å². The molecule has 0 aliphatic rings. The predicted molar refractivity (Wildman–Crippen MR) is 91.2 cm³/mol. The third-order valence-electron chi connectivity index (χ3n) is 3.86. The highest BCUT2D eigenvalue weighted by Gasteiger charge is 2.18. The van der Waals surface area contributed by atoms with Crippen LogP contribution >= 0.6 is 0 Å². The van der Waals surface area contributed by atoms with Gasteiger partial charge in [-0.1, -0.05) is 6.07 Å². The third kappa shape index (κ3) is 3.72. The summed E-state index contributed by atoms with van der Waals surface area (Å²) >= 11 is 0. The molecule has 5 heteroatoms. The quantitative estimate of drug-likeness (QED) is 0.778. The summed E-state index contributed by atoms with van der Waals surface area (Å²) in [4.78, 5) is 0. The van der Waals surface area contributed by atoms with Crippen LogP contribution in [-0.2, 0) is 6.42 Å². The summed E-state index contributed by atoms with van der Waals surface area (Å²) in [6, 6.07) is 13.5. The van der Waals surface area contributed by atoms with Gasteiger partial charge in [-0.2, -0.15) is 5.26 Å². The van der Waals surface area contributed by atoms with Gasteiger partial charge in [0, 0.05) is 5.56 Å². The Morgan fingerprint density at radius 1 is 0.833 bits per heavy atom. The molecule has 1 atom stereocenters. The van der Waals surface area contributed by atoms with E-state index in [1.807, 2.05) is 36.4 Å². The minimum absolute atomic E-state index is 0.367. The van der Waals surface area contributed by atoms with Crippen LogP contribution in [0.2, 0.25) is 0 Å². The van der Waals surface area contributed by atoms with Crippen molar-refractivity contribution in [2.24, 2.45) is 0 Å². The predicted octanol–water partition coefficient (Wildman–Crippen LogP) is 3.57. The van der Waals surface area contributed by atoms with Crippen molar-refractivity contribution in [1.29, 1.82) is 5.26 Å². The average molecular weight is 327 g/mol. The molecule has 0 bridgehead atoms. The minimum Gasteiger partial charge on any atom is -0.497 e. The minimum atomic E-state index is -0.367. The molecule has 0 aliphatic carbocycles. The van der Waals surface area contributed by atoms with E-state index in [1.54, 1.807) is 28.4 Å². The molecule has 0 saturated carbocycles. The Bertz CT molecular complexity index is 737. The third-order valence-corrected chi connectivity index (χ3v) is 3.86. The lowest BCUT2D eigenvalue weighted by molar-refractivity contribution is 0.354. The fourth-order valence-electron chi connectivity index (χ4n) is 2.58. The highest BCUT2D eigenvalue weighted by Crippen LogP contribution is 2.34. The smallest absolute Gasteiger partial charge is 0.160 e. The van der Waals surface area contributed by atoms with E-state index in [9.17, 15) is 5.26 Å². The standard InChI is InChI=1S/C19H21NO4/c1-21-15-6-8-17(22-2)16(11-15)14(12-20)9-13-5-7-18(23-3)19(10-13)24-4/h5-8,10-11,14H,9H2,1-4H3. The Morgan fingerprint density at radius 3 is 2.08 bits per heavy atom. The number of hydrogen-bond acceptors (Lipinski definition) is 5. The van der Waals surface area contributed by atoms with Crippen molar-refractivity contribution in [3.8, 4) is 29.1 Å². The summed E-state index contributed by atoms with van der Waals surface area (Å²) in [6.45, 7) is 0.